The topological polar surface area (TPSA) is 106 Å². The van der Waals surface area contributed by atoms with E-state index in [-0.39, 0.29) is 6.61 Å². The normalized spacial score (nSPS) is 25.5. The molecular formula is C22H33BN2O6. The van der Waals surface area contributed by atoms with Crippen molar-refractivity contribution in [2.45, 2.75) is 69.6 Å². The number of hydrogen-bond donors (Lipinski definition) is 3. The molecule has 170 valence electrons. The van der Waals surface area contributed by atoms with E-state index in [2.05, 4.69) is 22.8 Å². The SMILES string of the molecule is COCC(NC(=O)O)C(=O)NC(C[C@H]1C[C@@H]1c1ccccc1)B1OC(C)(C)C(C)(C)O1. The van der Waals surface area contributed by atoms with Gasteiger partial charge >= 0.3 is 13.2 Å². The number of methoxy groups -OCH3 is 1. The van der Waals surface area contributed by atoms with Crippen molar-refractivity contribution in [3.8, 4) is 0 Å². The van der Waals surface area contributed by atoms with Gasteiger partial charge in [-0.1, -0.05) is 30.3 Å². The minimum Gasteiger partial charge on any atom is -0.465 e. The van der Waals surface area contributed by atoms with E-state index in [1.165, 1.54) is 12.7 Å². The molecule has 0 spiro atoms. The molecule has 31 heavy (non-hydrogen) atoms. The zero-order chi connectivity index (χ0) is 22.8. The number of hydrogen-bond acceptors (Lipinski definition) is 5. The Labute approximate surface area is 184 Å². The van der Waals surface area contributed by atoms with E-state index in [9.17, 15) is 9.59 Å². The number of carbonyl (C=O) groups is 2. The van der Waals surface area contributed by atoms with Crippen LogP contribution in [-0.2, 0) is 18.8 Å². The Morgan fingerprint density at radius 3 is 2.32 bits per heavy atom. The monoisotopic (exact) mass is 432 g/mol. The summed E-state index contributed by atoms with van der Waals surface area (Å²) in [5, 5.41) is 14.2. The van der Waals surface area contributed by atoms with Gasteiger partial charge in [-0.3, -0.25) is 4.79 Å². The Hall–Kier alpha value is -2.10. The fourth-order valence-electron chi connectivity index (χ4n) is 4.02. The largest absolute Gasteiger partial charge is 0.481 e. The van der Waals surface area contributed by atoms with Gasteiger partial charge < -0.3 is 29.8 Å². The first-order chi connectivity index (χ1) is 14.5. The highest BCUT2D eigenvalue weighted by atomic mass is 16.7. The lowest BCUT2D eigenvalue weighted by Gasteiger charge is -2.32. The molecule has 4 atom stereocenters. The van der Waals surface area contributed by atoms with Gasteiger partial charge in [0.2, 0.25) is 5.91 Å². The van der Waals surface area contributed by atoms with Crippen molar-refractivity contribution in [1.29, 1.82) is 0 Å². The summed E-state index contributed by atoms with van der Waals surface area (Å²) in [4.78, 5) is 24.0. The molecule has 0 aromatic heterocycles. The highest BCUT2D eigenvalue weighted by molar-refractivity contribution is 6.48. The average Bonchev–Trinajstić information content (AvgIpc) is 3.41. The number of amides is 2. The fourth-order valence-corrected chi connectivity index (χ4v) is 4.02. The molecule has 1 saturated heterocycles. The van der Waals surface area contributed by atoms with Gasteiger partial charge in [-0.05, 0) is 57.9 Å². The molecule has 9 heteroatoms. The summed E-state index contributed by atoms with van der Waals surface area (Å²) in [7, 11) is 0.795. The lowest BCUT2D eigenvalue weighted by Crippen LogP contribution is -2.56. The summed E-state index contributed by atoms with van der Waals surface area (Å²) in [5.41, 5.74) is 0.221. The fraction of sp³-hybridized carbons (Fsp3) is 0.636. The van der Waals surface area contributed by atoms with Crippen LogP contribution < -0.4 is 10.6 Å². The summed E-state index contributed by atoms with van der Waals surface area (Å²) in [6.07, 6.45) is 0.426. The molecule has 1 saturated carbocycles. The van der Waals surface area contributed by atoms with Gasteiger partial charge in [0.25, 0.3) is 0 Å². The van der Waals surface area contributed by atoms with Crippen LogP contribution in [-0.4, -0.2) is 61.1 Å². The van der Waals surface area contributed by atoms with E-state index in [4.69, 9.17) is 19.2 Å². The highest BCUT2D eigenvalue weighted by Gasteiger charge is 2.55. The Morgan fingerprint density at radius 2 is 1.77 bits per heavy atom. The van der Waals surface area contributed by atoms with Crippen molar-refractivity contribution in [1.82, 2.24) is 10.6 Å². The maximum Gasteiger partial charge on any atom is 0.481 e. The van der Waals surface area contributed by atoms with E-state index in [0.29, 0.717) is 18.3 Å². The maximum atomic E-state index is 12.9. The van der Waals surface area contributed by atoms with Gasteiger partial charge in [0, 0.05) is 7.11 Å². The van der Waals surface area contributed by atoms with E-state index in [0.717, 1.165) is 6.42 Å². The molecule has 2 unspecified atom stereocenters. The zero-order valence-corrected chi connectivity index (χ0v) is 18.9. The van der Waals surface area contributed by atoms with Crippen molar-refractivity contribution in [2.75, 3.05) is 13.7 Å². The second kappa shape index (κ2) is 9.18. The molecule has 1 aromatic rings. The molecule has 3 rings (SSSR count). The number of carbonyl (C=O) groups excluding carboxylic acids is 1. The van der Waals surface area contributed by atoms with Crippen molar-refractivity contribution in [3.05, 3.63) is 35.9 Å². The molecule has 0 bridgehead atoms. The molecule has 1 aliphatic heterocycles. The maximum absolute atomic E-state index is 12.9. The minimum atomic E-state index is -1.28. The molecule has 1 aliphatic carbocycles. The van der Waals surface area contributed by atoms with E-state index in [1.807, 2.05) is 45.9 Å². The van der Waals surface area contributed by atoms with Crippen molar-refractivity contribution < 1.29 is 28.7 Å². The Morgan fingerprint density at radius 1 is 1.16 bits per heavy atom. The van der Waals surface area contributed by atoms with Gasteiger partial charge in [-0.2, -0.15) is 0 Å². The lowest BCUT2D eigenvalue weighted by molar-refractivity contribution is -0.124. The standard InChI is InChI=1S/C22H33BN2O6/c1-21(2)22(3,4)31-23(30-21)18(25-19(26)17(13-29-5)24-20(27)28)12-15-11-16(15)14-9-7-6-8-10-14/h6-10,15-18,24H,11-13H2,1-5H3,(H,25,26)(H,27,28)/t15-,16-,17?,18?/m1/s1. The van der Waals surface area contributed by atoms with E-state index in [1.54, 1.807) is 0 Å². The summed E-state index contributed by atoms with van der Waals surface area (Å²) in [6.45, 7) is 7.81. The first-order valence-electron chi connectivity index (χ1n) is 10.7. The van der Waals surface area contributed by atoms with Crippen LogP contribution in [0.4, 0.5) is 4.79 Å². The van der Waals surface area contributed by atoms with Gasteiger partial charge in [0.15, 0.2) is 0 Å². The van der Waals surface area contributed by atoms with Crippen LogP contribution in [0.1, 0.15) is 52.0 Å². The van der Waals surface area contributed by atoms with Gasteiger partial charge in [0.05, 0.1) is 23.8 Å². The molecule has 8 nitrogen and oxygen atoms in total. The molecule has 0 radical (unpaired) electrons. The molecule has 1 heterocycles. The Bertz CT molecular complexity index is 771. The summed E-state index contributed by atoms with van der Waals surface area (Å²) in [6, 6.07) is 9.30. The predicted octanol–water partition coefficient (Wildman–Crippen LogP) is 2.58. The minimum absolute atomic E-state index is 0.0652. The van der Waals surface area contributed by atoms with Crippen LogP contribution in [0.5, 0.6) is 0 Å². The van der Waals surface area contributed by atoms with Crippen molar-refractivity contribution >= 4 is 19.1 Å². The number of benzene rings is 1. The average molecular weight is 432 g/mol. The molecular weight excluding hydrogens is 399 g/mol. The van der Waals surface area contributed by atoms with Crippen LogP contribution in [0.25, 0.3) is 0 Å². The molecule has 3 N–H and O–H groups in total. The quantitative estimate of drug-likeness (QED) is 0.518. The highest BCUT2D eigenvalue weighted by Crippen LogP contribution is 2.51. The first-order valence-corrected chi connectivity index (χ1v) is 10.7. The number of nitrogens with one attached hydrogen (secondary N) is 2. The third kappa shape index (κ3) is 5.58. The first kappa shape index (κ1) is 23.6. The molecule has 2 amide bonds. The third-order valence-corrected chi connectivity index (χ3v) is 6.58. The van der Waals surface area contributed by atoms with Crippen LogP contribution in [0.3, 0.4) is 0 Å². The van der Waals surface area contributed by atoms with Crippen molar-refractivity contribution in [2.24, 2.45) is 5.92 Å². The van der Waals surface area contributed by atoms with E-state index < -0.39 is 42.3 Å². The Balaban J connectivity index is 1.73. The summed E-state index contributed by atoms with van der Waals surface area (Å²) >= 11 is 0. The van der Waals surface area contributed by atoms with Gasteiger partial charge in [0.1, 0.15) is 6.04 Å². The molecule has 2 fully saturated rings. The Kier molecular flexibility index (Phi) is 6.98. The van der Waals surface area contributed by atoms with Crippen molar-refractivity contribution in [3.63, 3.8) is 0 Å². The van der Waals surface area contributed by atoms with E-state index >= 15 is 0 Å². The number of ether oxygens (including phenoxy) is 1. The summed E-state index contributed by atoms with van der Waals surface area (Å²) in [5.74, 6) is -0.0435. The zero-order valence-electron chi connectivity index (χ0n) is 18.9. The molecule has 1 aromatic carbocycles. The van der Waals surface area contributed by atoms with Crippen LogP contribution >= 0.6 is 0 Å². The van der Waals surface area contributed by atoms with Gasteiger partial charge in [-0.25, -0.2) is 4.79 Å². The lowest BCUT2D eigenvalue weighted by atomic mass is 9.74. The van der Waals surface area contributed by atoms with Crippen LogP contribution in [0.15, 0.2) is 30.3 Å². The number of rotatable bonds is 9. The predicted molar refractivity (Wildman–Crippen MR) is 117 cm³/mol. The second-order valence-electron chi connectivity index (χ2n) is 9.45. The van der Waals surface area contributed by atoms with Crippen LogP contribution in [0, 0.1) is 5.92 Å². The summed E-state index contributed by atoms with van der Waals surface area (Å²) < 4.78 is 17.4. The molecule has 2 aliphatic rings. The van der Waals surface area contributed by atoms with Gasteiger partial charge in [-0.15, -0.1) is 0 Å². The second-order valence-corrected chi connectivity index (χ2v) is 9.45. The smallest absolute Gasteiger partial charge is 0.465 e. The van der Waals surface area contributed by atoms with Crippen LogP contribution in [0.2, 0.25) is 0 Å². The number of carboxylic acid groups (broad SMARTS) is 1. The third-order valence-electron chi connectivity index (χ3n) is 6.58.